The van der Waals surface area contributed by atoms with Gasteiger partial charge in [0.05, 0.1) is 13.1 Å². The molecule has 8 rings (SSSR count). The molecule has 4 aliphatic rings. The van der Waals surface area contributed by atoms with E-state index in [2.05, 4.69) is 45.7 Å². The molecule has 0 saturated carbocycles. The van der Waals surface area contributed by atoms with Gasteiger partial charge in [0.15, 0.2) is 12.2 Å². The minimum Gasteiger partial charge on any atom is -0.490 e. The molecule has 4 saturated heterocycles. The van der Waals surface area contributed by atoms with Crippen molar-refractivity contribution < 1.29 is 47.7 Å². The number of benzene rings is 4. The van der Waals surface area contributed by atoms with E-state index in [9.17, 15) is 28.8 Å². The Bertz CT molecular complexity index is 2550. The van der Waals surface area contributed by atoms with Crippen LogP contribution in [-0.2, 0) is 24.5 Å². The first-order chi connectivity index (χ1) is 35.1. The summed E-state index contributed by atoms with van der Waals surface area (Å²) in [5, 5.41) is 18.5. The number of hydrogen-bond donors (Lipinski definition) is 6. The molecule has 4 aromatic carbocycles. The van der Waals surface area contributed by atoms with Gasteiger partial charge in [-0.2, -0.15) is 0 Å². The van der Waals surface area contributed by atoms with Crippen molar-refractivity contribution in [3.8, 4) is 11.5 Å². The van der Waals surface area contributed by atoms with Gasteiger partial charge in [-0.05, 0) is 141 Å². The summed E-state index contributed by atoms with van der Waals surface area (Å²) in [6.45, 7) is 19.4. The minimum atomic E-state index is -1.12. The molecule has 0 aliphatic carbocycles. The largest absolute Gasteiger partial charge is 0.490 e. The standard InChI is InChI=1S/C57H72N8O10/c1-51(2)33-56(34-52(3,4)62-51)45(66)64(47(68)60-56)29-43(74-49(70)58-39-17-13-11-14-18-39)31-72-41-25-21-37(22-26-41)55(9,10)38-23-27-42(28-24-38)73-32-44(75-50(71)59-40-19-15-12-16-20-40)30-65-46(67)57(61-48(65)69)35-53(5,6)63-54(7,8)36-57/h11-28,43-44,62-63H,29-36H2,1-10H3,(H,58,70)(H,59,71)(H,60,68)(H,61,69). The molecule has 4 fully saturated rings. The fourth-order valence-electron chi connectivity index (χ4n) is 12.1. The van der Waals surface area contributed by atoms with Crippen molar-refractivity contribution in [3.63, 3.8) is 0 Å². The second kappa shape index (κ2) is 20.5. The highest BCUT2D eigenvalue weighted by molar-refractivity contribution is 6.08. The molecule has 8 amide bonds. The molecule has 4 heterocycles. The molecule has 18 nitrogen and oxygen atoms in total. The van der Waals surface area contributed by atoms with Crippen molar-refractivity contribution in [1.82, 2.24) is 31.1 Å². The average Bonchev–Trinajstić information content (AvgIpc) is 3.65. The lowest BCUT2D eigenvalue weighted by atomic mass is 9.71. The van der Waals surface area contributed by atoms with Crippen LogP contribution in [0.1, 0.15) is 106 Å². The number of nitrogens with one attached hydrogen (secondary N) is 6. The molecule has 400 valence electrons. The molecule has 4 aliphatic heterocycles. The number of nitrogens with zero attached hydrogens (tertiary/aromatic N) is 2. The number of carbonyl (C=O) groups excluding carboxylic acids is 6. The van der Waals surface area contributed by atoms with E-state index in [4.69, 9.17) is 18.9 Å². The Morgan fingerprint density at radius 2 is 0.840 bits per heavy atom. The number of anilines is 2. The Morgan fingerprint density at radius 3 is 1.16 bits per heavy atom. The second-order valence-electron chi connectivity index (χ2n) is 23.7. The topological polar surface area (TPSA) is 218 Å². The van der Waals surface area contributed by atoms with Gasteiger partial charge in [-0.3, -0.25) is 30.0 Å². The molecular formula is C57H72N8O10. The summed E-state index contributed by atoms with van der Waals surface area (Å²) >= 11 is 0. The van der Waals surface area contributed by atoms with Gasteiger partial charge in [0.2, 0.25) is 0 Å². The van der Waals surface area contributed by atoms with Crippen LogP contribution in [0.15, 0.2) is 109 Å². The predicted octanol–water partition coefficient (Wildman–Crippen LogP) is 8.47. The maximum Gasteiger partial charge on any atom is 0.412 e. The highest BCUT2D eigenvalue weighted by Crippen LogP contribution is 2.42. The van der Waals surface area contributed by atoms with Crippen LogP contribution in [0.4, 0.5) is 30.6 Å². The van der Waals surface area contributed by atoms with E-state index in [1.165, 1.54) is 0 Å². The summed E-state index contributed by atoms with van der Waals surface area (Å²) in [5.74, 6) is 0.216. The smallest absolute Gasteiger partial charge is 0.412 e. The number of imide groups is 2. The third-order valence-corrected chi connectivity index (χ3v) is 14.2. The van der Waals surface area contributed by atoms with E-state index in [1.807, 2.05) is 116 Å². The number of rotatable bonds is 16. The van der Waals surface area contributed by atoms with E-state index >= 15 is 0 Å². The van der Waals surface area contributed by atoms with Crippen LogP contribution in [0.25, 0.3) is 0 Å². The maximum absolute atomic E-state index is 14.2. The van der Waals surface area contributed by atoms with Crippen LogP contribution in [0.2, 0.25) is 0 Å². The molecule has 2 atom stereocenters. The highest BCUT2D eigenvalue weighted by atomic mass is 16.6. The normalized spacial score (nSPS) is 20.7. The Morgan fingerprint density at radius 1 is 0.520 bits per heavy atom. The number of carbonyl (C=O) groups is 6. The fourth-order valence-corrected chi connectivity index (χ4v) is 12.1. The Hall–Kier alpha value is -7.18. The maximum atomic E-state index is 14.2. The number of urea groups is 2. The van der Waals surface area contributed by atoms with E-state index < -0.39 is 75.1 Å². The number of piperidine rings is 2. The van der Waals surface area contributed by atoms with Gasteiger partial charge in [0, 0.05) is 38.9 Å². The van der Waals surface area contributed by atoms with Gasteiger partial charge in [0.25, 0.3) is 11.8 Å². The van der Waals surface area contributed by atoms with Gasteiger partial charge in [-0.15, -0.1) is 0 Å². The molecular weight excluding hydrogens is 957 g/mol. The lowest BCUT2D eigenvalue weighted by Gasteiger charge is -2.50. The molecule has 6 N–H and O–H groups in total. The first kappa shape index (κ1) is 54.1. The number of ether oxygens (including phenoxy) is 4. The first-order valence-electron chi connectivity index (χ1n) is 25.5. The average molecular weight is 1030 g/mol. The summed E-state index contributed by atoms with van der Waals surface area (Å²) in [5.41, 5.74) is -1.54. The van der Waals surface area contributed by atoms with Crippen molar-refractivity contribution >= 4 is 47.4 Å². The SMILES string of the molecule is CC1(C)CC2(CC(C)(C)N1)NC(=O)N(CC(COc1ccc(C(C)(C)c3ccc(OCC(CN4C(=O)NC5(CC(C)(C)NC(C)(C)C5)C4=O)OC(=O)Nc4ccccc4)cc3)cc1)OC(=O)Nc1ccccc1)C2=O. The van der Waals surface area contributed by atoms with Gasteiger partial charge >= 0.3 is 24.2 Å². The fraction of sp³-hybridized carbons (Fsp3) is 0.474. The van der Waals surface area contributed by atoms with Crippen molar-refractivity contribution in [2.75, 3.05) is 36.9 Å². The second-order valence-corrected chi connectivity index (χ2v) is 23.7. The van der Waals surface area contributed by atoms with E-state index in [0.29, 0.717) is 48.6 Å². The van der Waals surface area contributed by atoms with Crippen molar-refractivity contribution in [1.29, 1.82) is 0 Å². The van der Waals surface area contributed by atoms with Gasteiger partial charge in [0.1, 0.15) is 35.8 Å². The predicted molar refractivity (Wildman–Crippen MR) is 284 cm³/mol. The van der Waals surface area contributed by atoms with Gasteiger partial charge in [-0.25, -0.2) is 19.2 Å². The van der Waals surface area contributed by atoms with Crippen LogP contribution in [0.5, 0.6) is 11.5 Å². The number of para-hydroxylation sites is 2. The molecule has 2 unspecified atom stereocenters. The third kappa shape index (κ3) is 12.7. The van der Waals surface area contributed by atoms with Crippen LogP contribution in [0, 0.1) is 0 Å². The van der Waals surface area contributed by atoms with Gasteiger partial charge in [-0.1, -0.05) is 74.5 Å². The summed E-state index contributed by atoms with van der Waals surface area (Å²) in [6, 6.07) is 31.5. The quantitative estimate of drug-likeness (QED) is 0.0583. The first-order valence-corrected chi connectivity index (χ1v) is 25.5. The molecule has 18 heteroatoms. The zero-order valence-electron chi connectivity index (χ0n) is 44.7. The Kier molecular flexibility index (Phi) is 14.8. The van der Waals surface area contributed by atoms with Crippen LogP contribution >= 0.6 is 0 Å². The lowest BCUT2D eigenvalue weighted by Crippen LogP contribution is -2.68. The summed E-state index contributed by atoms with van der Waals surface area (Å²) in [7, 11) is 0. The van der Waals surface area contributed by atoms with Crippen LogP contribution in [0.3, 0.4) is 0 Å². The summed E-state index contributed by atoms with van der Waals surface area (Å²) < 4.78 is 24.1. The van der Waals surface area contributed by atoms with Gasteiger partial charge < -0.3 is 40.2 Å². The number of amides is 8. The van der Waals surface area contributed by atoms with E-state index in [-0.39, 0.29) is 38.1 Å². The molecule has 2 spiro atoms. The van der Waals surface area contributed by atoms with Crippen molar-refractivity contribution in [2.24, 2.45) is 0 Å². The van der Waals surface area contributed by atoms with Crippen molar-refractivity contribution in [3.05, 3.63) is 120 Å². The van der Waals surface area contributed by atoms with E-state index in [0.717, 1.165) is 20.9 Å². The number of hydrogen-bond acceptors (Lipinski definition) is 12. The third-order valence-electron chi connectivity index (χ3n) is 14.2. The Balaban J connectivity index is 0.921. The summed E-state index contributed by atoms with van der Waals surface area (Å²) in [4.78, 5) is 84.2. The zero-order chi connectivity index (χ0) is 54.2. The summed E-state index contributed by atoms with van der Waals surface area (Å²) in [6.07, 6.45) is -2.04. The van der Waals surface area contributed by atoms with Crippen LogP contribution in [-0.4, -0.2) is 118 Å². The molecule has 0 aromatic heterocycles. The lowest BCUT2D eigenvalue weighted by molar-refractivity contribution is -0.136. The molecule has 0 bridgehead atoms. The minimum absolute atomic E-state index is 0.157. The van der Waals surface area contributed by atoms with E-state index in [1.54, 1.807) is 48.5 Å². The highest BCUT2D eigenvalue weighted by Gasteiger charge is 2.60. The molecule has 0 radical (unpaired) electrons. The van der Waals surface area contributed by atoms with Crippen molar-refractivity contribution in [2.45, 2.75) is 146 Å². The Labute approximate surface area is 439 Å². The molecule has 75 heavy (non-hydrogen) atoms. The zero-order valence-corrected chi connectivity index (χ0v) is 44.7. The monoisotopic (exact) mass is 1030 g/mol. The van der Waals surface area contributed by atoms with Crippen LogP contribution < -0.4 is 41.4 Å². The molecule has 4 aromatic rings.